The van der Waals surface area contributed by atoms with E-state index in [0.29, 0.717) is 11.7 Å². The van der Waals surface area contributed by atoms with Gasteiger partial charge in [0.2, 0.25) is 5.89 Å². The average Bonchev–Trinajstić information content (AvgIpc) is 3.27. The predicted octanol–water partition coefficient (Wildman–Crippen LogP) is 2.18. The third kappa shape index (κ3) is 2.73. The maximum absolute atomic E-state index is 12.7. The Morgan fingerprint density at radius 2 is 2.33 bits per heavy atom. The van der Waals surface area contributed by atoms with Gasteiger partial charge in [0.25, 0.3) is 5.91 Å². The van der Waals surface area contributed by atoms with Gasteiger partial charge in [-0.15, -0.1) is 11.3 Å². The highest BCUT2D eigenvalue weighted by molar-refractivity contribution is 7.14. The Bertz CT molecular complexity index is 832. The molecule has 0 bridgehead atoms. The molecule has 1 unspecified atom stereocenters. The van der Waals surface area contributed by atoms with Gasteiger partial charge < -0.3 is 9.84 Å². The molecule has 1 aliphatic carbocycles. The number of thiophene rings is 1. The van der Waals surface area contributed by atoms with E-state index in [-0.39, 0.29) is 5.91 Å². The second-order valence-electron chi connectivity index (χ2n) is 5.94. The smallest absolute Gasteiger partial charge is 0.262 e. The highest BCUT2D eigenvalue weighted by atomic mass is 32.1. The van der Waals surface area contributed by atoms with E-state index in [1.165, 1.54) is 16.9 Å². The van der Waals surface area contributed by atoms with Gasteiger partial charge in [-0.05, 0) is 30.9 Å². The zero-order valence-corrected chi connectivity index (χ0v) is 14.3. The van der Waals surface area contributed by atoms with E-state index in [0.717, 1.165) is 23.3 Å². The van der Waals surface area contributed by atoms with Crippen LogP contribution in [0.2, 0.25) is 0 Å². The Morgan fingerprint density at radius 1 is 1.46 bits per heavy atom. The maximum atomic E-state index is 12.7. The summed E-state index contributed by atoms with van der Waals surface area (Å²) in [7, 11) is 1.83. The summed E-state index contributed by atoms with van der Waals surface area (Å²) in [6.45, 7) is 1.72. The van der Waals surface area contributed by atoms with Crippen LogP contribution in [-0.4, -0.2) is 25.8 Å². The van der Waals surface area contributed by atoms with Crippen molar-refractivity contribution in [2.45, 2.75) is 32.2 Å². The van der Waals surface area contributed by atoms with Crippen molar-refractivity contribution < 1.29 is 9.32 Å². The monoisotopic (exact) mass is 343 g/mol. The van der Waals surface area contributed by atoms with Crippen LogP contribution in [0.3, 0.4) is 0 Å². The minimum absolute atomic E-state index is 0.120. The van der Waals surface area contributed by atoms with Crippen molar-refractivity contribution in [2.24, 2.45) is 7.05 Å². The van der Waals surface area contributed by atoms with Crippen LogP contribution < -0.4 is 5.32 Å². The Hall–Kier alpha value is -2.48. The van der Waals surface area contributed by atoms with E-state index in [1.54, 1.807) is 29.1 Å². The molecule has 0 aliphatic heterocycles. The molecule has 8 heteroatoms. The summed E-state index contributed by atoms with van der Waals surface area (Å²) in [6.07, 6.45) is 6.86. The van der Waals surface area contributed by atoms with E-state index >= 15 is 0 Å². The van der Waals surface area contributed by atoms with Crippen molar-refractivity contribution in [3.8, 4) is 0 Å². The number of aryl methyl sites for hydroxylation is 4. The zero-order chi connectivity index (χ0) is 16.7. The zero-order valence-electron chi connectivity index (χ0n) is 13.4. The molecule has 0 spiro atoms. The first kappa shape index (κ1) is 15.1. The van der Waals surface area contributed by atoms with Gasteiger partial charge in [0.05, 0.1) is 11.1 Å². The van der Waals surface area contributed by atoms with Crippen molar-refractivity contribution in [1.82, 2.24) is 25.2 Å². The van der Waals surface area contributed by atoms with Crippen molar-refractivity contribution in [3.63, 3.8) is 0 Å². The summed E-state index contributed by atoms with van der Waals surface area (Å²) in [5.74, 6) is 0.770. The van der Waals surface area contributed by atoms with Gasteiger partial charge in [-0.3, -0.25) is 9.48 Å². The molecule has 0 radical (unpaired) electrons. The number of hydrogen-bond donors (Lipinski definition) is 1. The number of carbonyl (C=O) groups excluding carboxylic acids is 1. The highest BCUT2D eigenvalue weighted by Gasteiger charge is 2.26. The molecule has 3 heterocycles. The maximum Gasteiger partial charge on any atom is 0.262 e. The summed E-state index contributed by atoms with van der Waals surface area (Å²) in [6, 6.07) is 1.52. The standard InChI is InChI=1S/C16H17N5O2S/c1-9-18-15(20-23-9)14(11-7-17-21(2)8-11)19-16(22)13-6-10-4-3-5-12(10)24-13/h6-8,14H,3-5H2,1-2H3,(H,19,22). The van der Waals surface area contributed by atoms with Crippen molar-refractivity contribution >= 4 is 17.2 Å². The normalized spacial score (nSPS) is 14.6. The number of nitrogens with one attached hydrogen (secondary N) is 1. The van der Waals surface area contributed by atoms with Crippen LogP contribution in [-0.2, 0) is 19.9 Å². The molecule has 3 aromatic heterocycles. The van der Waals surface area contributed by atoms with Crippen molar-refractivity contribution in [3.05, 3.63) is 51.1 Å². The fourth-order valence-electron chi connectivity index (χ4n) is 2.96. The fraction of sp³-hybridized carbons (Fsp3) is 0.375. The van der Waals surface area contributed by atoms with Crippen LogP contribution in [0.25, 0.3) is 0 Å². The van der Waals surface area contributed by atoms with Crippen LogP contribution in [0.4, 0.5) is 0 Å². The molecule has 124 valence electrons. The molecule has 0 fully saturated rings. The lowest BCUT2D eigenvalue weighted by molar-refractivity contribution is 0.0945. The Kier molecular flexibility index (Phi) is 3.68. The van der Waals surface area contributed by atoms with Crippen LogP contribution in [0.1, 0.15) is 49.9 Å². The Morgan fingerprint density at radius 3 is 3.00 bits per heavy atom. The summed E-state index contributed by atoms with van der Waals surface area (Å²) in [4.78, 5) is 19.0. The first-order chi connectivity index (χ1) is 11.6. The second-order valence-corrected chi connectivity index (χ2v) is 7.07. The number of hydrogen-bond acceptors (Lipinski definition) is 6. The van der Waals surface area contributed by atoms with E-state index in [2.05, 4.69) is 20.6 Å². The van der Waals surface area contributed by atoms with E-state index in [9.17, 15) is 4.79 Å². The van der Waals surface area contributed by atoms with Gasteiger partial charge in [0.15, 0.2) is 5.82 Å². The molecule has 24 heavy (non-hydrogen) atoms. The van der Waals surface area contributed by atoms with Gasteiger partial charge in [0, 0.05) is 30.6 Å². The molecule has 1 aliphatic rings. The van der Waals surface area contributed by atoms with Crippen LogP contribution in [0, 0.1) is 6.92 Å². The SMILES string of the molecule is Cc1nc(C(NC(=O)c2cc3c(s2)CCC3)c2cnn(C)c2)no1. The molecule has 0 saturated heterocycles. The molecule has 1 amide bonds. The van der Waals surface area contributed by atoms with Crippen LogP contribution in [0.15, 0.2) is 23.0 Å². The lowest BCUT2D eigenvalue weighted by atomic mass is 10.1. The summed E-state index contributed by atoms with van der Waals surface area (Å²) < 4.78 is 6.76. The molecular weight excluding hydrogens is 326 g/mol. The van der Waals surface area contributed by atoms with Crippen LogP contribution in [0.5, 0.6) is 0 Å². The molecule has 0 saturated carbocycles. The molecule has 4 rings (SSSR count). The minimum atomic E-state index is -0.486. The minimum Gasteiger partial charge on any atom is -0.340 e. The van der Waals surface area contributed by atoms with Crippen molar-refractivity contribution in [2.75, 3.05) is 0 Å². The number of fused-ring (bicyclic) bond motifs is 1. The molecule has 1 N–H and O–H groups in total. The number of rotatable bonds is 4. The van der Waals surface area contributed by atoms with E-state index in [1.807, 2.05) is 19.3 Å². The molecule has 3 aromatic rings. The van der Waals surface area contributed by atoms with E-state index in [4.69, 9.17) is 4.52 Å². The lowest BCUT2D eigenvalue weighted by Gasteiger charge is -2.13. The third-order valence-corrected chi connectivity index (χ3v) is 5.34. The van der Waals surface area contributed by atoms with Gasteiger partial charge in [-0.2, -0.15) is 10.1 Å². The first-order valence-corrected chi connectivity index (χ1v) is 8.63. The Labute approximate surface area is 142 Å². The number of aromatic nitrogens is 4. The van der Waals surface area contributed by atoms with Crippen molar-refractivity contribution in [1.29, 1.82) is 0 Å². The van der Waals surface area contributed by atoms with Gasteiger partial charge >= 0.3 is 0 Å². The first-order valence-electron chi connectivity index (χ1n) is 7.81. The highest BCUT2D eigenvalue weighted by Crippen LogP contribution is 2.31. The van der Waals surface area contributed by atoms with Gasteiger partial charge in [-0.1, -0.05) is 5.16 Å². The topological polar surface area (TPSA) is 85.8 Å². The molecule has 1 atom stereocenters. The average molecular weight is 343 g/mol. The largest absolute Gasteiger partial charge is 0.340 e. The number of carbonyl (C=O) groups is 1. The van der Waals surface area contributed by atoms with E-state index < -0.39 is 6.04 Å². The summed E-state index contributed by atoms with van der Waals surface area (Å²) in [5.41, 5.74) is 2.12. The number of nitrogens with zero attached hydrogens (tertiary/aromatic N) is 4. The molecule has 7 nitrogen and oxygen atoms in total. The fourth-order valence-corrected chi connectivity index (χ4v) is 4.12. The van der Waals surface area contributed by atoms with Gasteiger partial charge in [-0.25, -0.2) is 0 Å². The lowest BCUT2D eigenvalue weighted by Crippen LogP contribution is -2.29. The Balaban J connectivity index is 1.62. The predicted molar refractivity (Wildman–Crippen MR) is 87.9 cm³/mol. The second kappa shape index (κ2) is 5.86. The third-order valence-electron chi connectivity index (χ3n) is 4.11. The quantitative estimate of drug-likeness (QED) is 0.785. The summed E-state index contributed by atoms with van der Waals surface area (Å²) >= 11 is 1.58. The molecule has 0 aromatic carbocycles. The summed E-state index contributed by atoms with van der Waals surface area (Å²) in [5, 5.41) is 11.2. The van der Waals surface area contributed by atoms with Gasteiger partial charge in [0.1, 0.15) is 6.04 Å². The molecular formula is C16H17N5O2S. The van der Waals surface area contributed by atoms with Crippen LogP contribution >= 0.6 is 11.3 Å². The number of amides is 1.